The lowest BCUT2D eigenvalue weighted by molar-refractivity contribution is -0.0430. The van der Waals surface area contributed by atoms with Gasteiger partial charge in [0.1, 0.15) is 0 Å². The number of aliphatic hydroxyl groups is 1. The molecule has 17 heavy (non-hydrogen) atoms. The van der Waals surface area contributed by atoms with Gasteiger partial charge in [0.05, 0.1) is 25.9 Å². The molecule has 0 spiro atoms. The molecule has 0 saturated carbocycles. The quantitative estimate of drug-likeness (QED) is 0.692. The van der Waals surface area contributed by atoms with E-state index in [0.717, 1.165) is 39.2 Å². The van der Waals surface area contributed by atoms with Gasteiger partial charge in [-0.2, -0.15) is 0 Å². The van der Waals surface area contributed by atoms with Gasteiger partial charge in [-0.05, 0) is 18.4 Å². The van der Waals surface area contributed by atoms with Crippen molar-refractivity contribution in [3.8, 4) is 0 Å². The second-order valence-electron chi connectivity index (χ2n) is 5.33. The molecule has 4 nitrogen and oxygen atoms in total. The van der Waals surface area contributed by atoms with Crippen molar-refractivity contribution in [2.45, 2.75) is 33.2 Å². The highest BCUT2D eigenvalue weighted by atomic mass is 16.5. The van der Waals surface area contributed by atoms with Crippen LogP contribution >= 0.6 is 0 Å². The summed E-state index contributed by atoms with van der Waals surface area (Å²) in [4.78, 5) is 2.38. The smallest absolute Gasteiger partial charge is 0.0644 e. The molecule has 1 saturated heterocycles. The minimum Gasteiger partial charge on any atom is -0.395 e. The van der Waals surface area contributed by atoms with Gasteiger partial charge >= 0.3 is 0 Å². The van der Waals surface area contributed by atoms with Crippen LogP contribution in [-0.4, -0.2) is 62.0 Å². The molecule has 0 bridgehead atoms. The Morgan fingerprint density at radius 1 is 1.47 bits per heavy atom. The zero-order valence-corrected chi connectivity index (χ0v) is 11.5. The number of nitrogens with one attached hydrogen (secondary N) is 1. The topological polar surface area (TPSA) is 44.7 Å². The molecule has 4 heteroatoms. The number of morpholine rings is 1. The normalized spacial score (nSPS) is 25.8. The Labute approximate surface area is 105 Å². The van der Waals surface area contributed by atoms with E-state index < -0.39 is 0 Å². The Morgan fingerprint density at radius 2 is 2.24 bits per heavy atom. The predicted molar refractivity (Wildman–Crippen MR) is 70.2 cm³/mol. The summed E-state index contributed by atoms with van der Waals surface area (Å²) in [7, 11) is 0. The van der Waals surface area contributed by atoms with Gasteiger partial charge in [-0.3, -0.25) is 4.90 Å². The van der Waals surface area contributed by atoms with E-state index in [1.807, 2.05) is 0 Å². The molecule has 2 atom stereocenters. The Balaban J connectivity index is 2.52. The van der Waals surface area contributed by atoms with Gasteiger partial charge in [0.2, 0.25) is 0 Å². The SMILES string of the molecule is CCNCC(C)(CC)CN1CCOCC1CO. The first-order valence-corrected chi connectivity index (χ1v) is 6.78. The Bertz CT molecular complexity index is 214. The van der Waals surface area contributed by atoms with Crippen molar-refractivity contribution >= 4 is 0 Å². The average Bonchev–Trinajstić information content (AvgIpc) is 2.37. The minimum absolute atomic E-state index is 0.177. The maximum absolute atomic E-state index is 9.37. The summed E-state index contributed by atoms with van der Waals surface area (Å²) < 4.78 is 5.42. The van der Waals surface area contributed by atoms with E-state index in [2.05, 4.69) is 31.0 Å². The molecule has 1 rings (SSSR count). The molecule has 1 aliphatic heterocycles. The summed E-state index contributed by atoms with van der Waals surface area (Å²) in [5.74, 6) is 0. The zero-order valence-electron chi connectivity index (χ0n) is 11.5. The highest BCUT2D eigenvalue weighted by molar-refractivity contribution is 4.84. The summed E-state index contributed by atoms with van der Waals surface area (Å²) in [5.41, 5.74) is 0.279. The molecule has 2 unspecified atom stereocenters. The molecule has 0 aromatic heterocycles. The van der Waals surface area contributed by atoms with Crippen molar-refractivity contribution in [2.24, 2.45) is 5.41 Å². The number of rotatable bonds is 7. The molecule has 1 heterocycles. The first-order valence-electron chi connectivity index (χ1n) is 6.78. The van der Waals surface area contributed by atoms with Crippen LogP contribution in [0.25, 0.3) is 0 Å². The van der Waals surface area contributed by atoms with Gasteiger partial charge in [-0.1, -0.05) is 20.8 Å². The van der Waals surface area contributed by atoms with Crippen LogP contribution in [0.5, 0.6) is 0 Å². The number of hydrogen-bond donors (Lipinski definition) is 2. The largest absolute Gasteiger partial charge is 0.395 e. The molecule has 2 N–H and O–H groups in total. The Kier molecular flexibility index (Phi) is 6.41. The lowest BCUT2D eigenvalue weighted by Crippen LogP contribution is -2.52. The van der Waals surface area contributed by atoms with E-state index in [-0.39, 0.29) is 18.1 Å². The molecule has 0 aromatic carbocycles. The van der Waals surface area contributed by atoms with Crippen molar-refractivity contribution in [3.63, 3.8) is 0 Å². The van der Waals surface area contributed by atoms with E-state index in [4.69, 9.17) is 4.74 Å². The maximum atomic E-state index is 9.37. The highest BCUT2D eigenvalue weighted by Gasteiger charge is 2.30. The number of nitrogens with zero attached hydrogens (tertiary/aromatic N) is 1. The van der Waals surface area contributed by atoms with Crippen LogP contribution in [0.1, 0.15) is 27.2 Å². The average molecular weight is 244 g/mol. The van der Waals surface area contributed by atoms with E-state index in [1.165, 1.54) is 0 Å². The molecule has 0 aromatic rings. The van der Waals surface area contributed by atoms with E-state index >= 15 is 0 Å². The van der Waals surface area contributed by atoms with Crippen molar-refractivity contribution in [1.82, 2.24) is 10.2 Å². The minimum atomic E-state index is 0.177. The van der Waals surface area contributed by atoms with Crippen LogP contribution in [0.2, 0.25) is 0 Å². The van der Waals surface area contributed by atoms with Gasteiger partial charge in [0, 0.05) is 19.6 Å². The summed E-state index contributed by atoms with van der Waals surface area (Å²) in [6, 6.07) is 0.177. The summed E-state index contributed by atoms with van der Waals surface area (Å²) >= 11 is 0. The fourth-order valence-corrected chi connectivity index (χ4v) is 2.28. The van der Waals surface area contributed by atoms with Crippen LogP contribution < -0.4 is 5.32 Å². The highest BCUT2D eigenvalue weighted by Crippen LogP contribution is 2.23. The van der Waals surface area contributed by atoms with Crippen LogP contribution in [0.15, 0.2) is 0 Å². The molecular weight excluding hydrogens is 216 g/mol. The summed E-state index contributed by atoms with van der Waals surface area (Å²) in [5, 5.41) is 12.8. The Morgan fingerprint density at radius 3 is 2.82 bits per heavy atom. The predicted octanol–water partition coefficient (Wildman–Crippen LogP) is 0.705. The third-order valence-corrected chi connectivity index (χ3v) is 3.80. The van der Waals surface area contributed by atoms with Crippen molar-refractivity contribution in [2.75, 3.05) is 46.0 Å². The fraction of sp³-hybridized carbons (Fsp3) is 1.00. The second-order valence-corrected chi connectivity index (χ2v) is 5.33. The summed E-state index contributed by atoms with van der Waals surface area (Å²) in [6.45, 7) is 12.4. The third kappa shape index (κ3) is 4.54. The van der Waals surface area contributed by atoms with Crippen LogP contribution in [-0.2, 0) is 4.74 Å². The fourth-order valence-electron chi connectivity index (χ4n) is 2.28. The molecular formula is C13H28N2O2. The van der Waals surface area contributed by atoms with Crippen LogP contribution in [0, 0.1) is 5.41 Å². The lowest BCUT2D eigenvalue weighted by atomic mass is 9.86. The first-order chi connectivity index (χ1) is 8.15. The Hall–Kier alpha value is -0.160. The van der Waals surface area contributed by atoms with E-state index in [9.17, 15) is 5.11 Å². The second kappa shape index (κ2) is 7.31. The van der Waals surface area contributed by atoms with Crippen LogP contribution in [0.3, 0.4) is 0 Å². The molecule has 1 aliphatic rings. The number of aliphatic hydroxyl groups excluding tert-OH is 1. The monoisotopic (exact) mass is 244 g/mol. The maximum Gasteiger partial charge on any atom is 0.0644 e. The molecule has 0 aliphatic carbocycles. The first kappa shape index (κ1) is 14.9. The van der Waals surface area contributed by atoms with Gasteiger partial charge < -0.3 is 15.2 Å². The van der Waals surface area contributed by atoms with Gasteiger partial charge in [0.25, 0.3) is 0 Å². The summed E-state index contributed by atoms with van der Waals surface area (Å²) in [6.07, 6.45) is 1.15. The van der Waals surface area contributed by atoms with Gasteiger partial charge in [-0.25, -0.2) is 0 Å². The van der Waals surface area contributed by atoms with Crippen molar-refractivity contribution in [3.05, 3.63) is 0 Å². The third-order valence-electron chi connectivity index (χ3n) is 3.80. The molecule has 102 valence electrons. The van der Waals surface area contributed by atoms with Crippen LogP contribution in [0.4, 0.5) is 0 Å². The lowest BCUT2D eigenvalue weighted by Gasteiger charge is -2.41. The van der Waals surface area contributed by atoms with Gasteiger partial charge in [0.15, 0.2) is 0 Å². The number of ether oxygens (including phenoxy) is 1. The molecule has 1 fully saturated rings. The number of hydrogen-bond acceptors (Lipinski definition) is 4. The standard InChI is InChI=1S/C13H28N2O2/c1-4-13(3,10-14-5-2)11-15-6-7-17-9-12(15)8-16/h12,14,16H,4-11H2,1-3H3. The van der Waals surface area contributed by atoms with E-state index in [0.29, 0.717) is 6.61 Å². The molecule has 0 radical (unpaired) electrons. The van der Waals surface area contributed by atoms with E-state index in [1.54, 1.807) is 0 Å². The van der Waals surface area contributed by atoms with Crippen molar-refractivity contribution in [1.29, 1.82) is 0 Å². The zero-order chi connectivity index (χ0) is 12.7. The molecule has 0 amide bonds. The van der Waals surface area contributed by atoms with Crippen molar-refractivity contribution < 1.29 is 9.84 Å². The van der Waals surface area contributed by atoms with Gasteiger partial charge in [-0.15, -0.1) is 0 Å².